The molecule has 0 aromatic heterocycles. The Kier molecular flexibility index (Phi) is 18.3. The fourth-order valence-electron chi connectivity index (χ4n) is 2.78. The lowest BCUT2D eigenvalue weighted by molar-refractivity contribution is -0.110. The first-order valence-corrected chi connectivity index (χ1v) is 10.5. The second-order valence-electron chi connectivity index (χ2n) is 6.50. The van der Waals surface area contributed by atoms with Crippen LogP contribution in [0.2, 0.25) is 0 Å². The zero-order valence-electron chi connectivity index (χ0n) is 15.4. The maximum absolute atomic E-state index is 10.5. The van der Waals surface area contributed by atoms with Crippen LogP contribution < -0.4 is 5.73 Å². The summed E-state index contributed by atoms with van der Waals surface area (Å²) in [4.78, 5) is 0. The molecule has 0 fully saturated rings. The lowest BCUT2D eigenvalue weighted by Crippen LogP contribution is -2.26. The third kappa shape index (κ3) is 18.2. The van der Waals surface area contributed by atoms with Crippen LogP contribution in [0.25, 0.3) is 0 Å². The average Bonchev–Trinajstić information content (AvgIpc) is 2.51. The van der Waals surface area contributed by atoms with Crippen LogP contribution in [0.15, 0.2) is 0 Å². The molecule has 5 heteroatoms. The van der Waals surface area contributed by atoms with E-state index in [0.29, 0.717) is 0 Å². The van der Waals surface area contributed by atoms with E-state index < -0.39 is 15.0 Å². The summed E-state index contributed by atoms with van der Waals surface area (Å²) >= 11 is 0. The van der Waals surface area contributed by atoms with Crippen LogP contribution in [0.5, 0.6) is 0 Å². The molecule has 0 spiro atoms. The van der Waals surface area contributed by atoms with Gasteiger partial charge in [-0.2, -0.15) is 0 Å². The first kappa shape index (κ1) is 23.0. The van der Waals surface area contributed by atoms with Crippen LogP contribution in [-0.2, 0) is 13.8 Å². The Hall–Kier alpha value is -0.0200. The Morgan fingerprint density at radius 2 is 1.26 bits per heavy atom. The number of rotatable bonds is 18. The topological polar surface area (TPSA) is 61.5 Å². The molecule has 0 bridgehead atoms. The van der Waals surface area contributed by atoms with Crippen molar-refractivity contribution in [2.75, 3.05) is 0 Å². The lowest BCUT2D eigenvalue weighted by Gasteiger charge is -2.14. The van der Waals surface area contributed by atoms with Crippen molar-refractivity contribution in [2.45, 2.75) is 116 Å². The van der Waals surface area contributed by atoms with Crippen molar-refractivity contribution in [1.29, 1.82) is 0 Å². The SMILES string of the molecule is CCCCCCCCCCCCCCCC(O[PH+]=O)OC(C)N. The van der Waals surface area contributed by atoms with Crippen LogP contribution in [0.1, 0.15) is 104 Å². The molecule has 0 amide bonds. The van der Waals surface area contributed by atoms with Crippen LogP contribution >= 0.6 is 8.69 Å². The normalized spacial score (nSPS) is 14.2. The highest BCUT2D eigenvalue weighted by Gasteiger charge is 2.15. The van der Waals surface area contributed by atoms with Crippen LogP contribution in [0.4, 0.5) is 0 Å². The molecule has 3 atom stereocenters. The summed E-state index contributed by atoms with van der Waals surface area (Å²) in [6.07, 6.45) is 17.3. The summed E-state index contributed by atoms with van der Waals surface area (Å²) in [6, 6.07) is 0. The average molecular weight is 348 g/mol. The van der Waals surface area contributed by atoms with Crippen molar-refractivity contribution in [3.63, 3.8) is 0 Å². The molecule has 0 saturated carbocycles. The molecule has 0 aliphatic heterocycles. The molecule has 0 rings (SSSR count). The first-order valence-electron chi connectivity index (χ1n) is 9.64. The van der Waals surface area contributed by atoms with E-state index in [1.165, 1.54) is 77.0 Å². The number of hydrogen-bond donors (Lipinski definition) is 1. The summed E-state index contributed by atoms with van der Waals surface area (Å²) in [7, 11) is -0.782. The summed E-state index contributed by atoms with van der Waals surface area (Å²) in [5, 5.41) is 0. The number of nitrogens with two attached hydrogens (primary N) is 1. The van der Waals surface area contributed by atoms with Crippen molar-refractivity contribution in [3.05, 3.63) is 0 Å². The minimum Gasteiger partial charge on any atom is -0.330 e. The number of ether oxygens (including phenoxy) is 1. The molecule has 3 unspecified atom stereocenters. The first-order chi connectivity index (χ1) is 11.2. The number of unbranched alkanes of at least 4 members (excludes halogenated alkanes) is 12. The van der Waals surface area contributed by atoms with Gasteiger partial charge in [0.15, 0.2) is 0 Å². The van der Waals surface area contributed by atoms with E-state index >= 15 is 0 Å². The Labute approximate surface area is 145 Å². The van der Waals surface area contributed by atoms with Crippen molar-refractivity contribution in [3.8, 4) is 0 Å². The highest BCUT2D eigenvalue weighted by molar-refractivity contribution is 7.17. The van der Waals surface area contributed by atoms with Crippen molar-refractivity contribution < 1.29 is 13.8 Å². The van der Waals surface area contributed by atoms with Crippen molar-refractivity contribution >= 4 is 8.69 Å². The maximum Gasteiger partial charge on any atom is 0.496 e. The van der Waals surface area contributed by atoms with E-state index in [4.69, 9.17) is 15.0 Å². The molecule has 2 N–H and O–H groups in total. The Morgan fingerprint density at radius 1 is 0.826 bits per heavy atom. The molecule has 0 aromatic rings. The van der Waals surface area contributed by atoms with Crippen molar-refractivity contribution in [2.24, 2.45) is 5.73 Å². The summed E-state index contributed by atoms with van der Waals surface area (Å²) < 4.78 is 20.9. The standard InChI is InChI=1S/C18H39NO3P/c1-3-4-5-6-7-8-9-10-11-12-13-14-15-16-18(22-23-20)21-17(2)19/h17-18,23H,3-16,19H2,1-2H3/q+1. The fraction of sp³-hybridized carbons (Fsp3) is 1.00. The predicted molar refractivity (Wildman–Crippen MR) is 98.9 cm³/mol. The van der Waals surface area contributed by atoms with Gasteiger partial charge in [0.2, 0.25) is 6.29 Å². The third-order valence-corrected chi connectivity index (χ3v) is 4.45. The molecule has 0 heterocycles. The highest BCUT2D eigenvalue weighted by Crippen LogP contribution is 2.16. The maximum atomic E-state index is 10.5. The molecule has 138 valence electrons. The predicted octanol–water partition coefficient (Wildman–Crippen LogP) is 6.07. The van der Waals surface area contributed by atoms with Gasteiger partial charge in [-0.3, -0.25) is 0 Å². The Bertz CT molecular complexity index is 252. The number of hydrogen-bond acceptors (Lipinski definition) is 4. The molecular weight excluding hydrogens is 309 g/mol. The molecule has 0 aliphatic carbocycles. The fourth-order valence-corrected chi connectivity index (χ4v) is 3.06. The minimum absolute atomic E-state index is 0.377. The van der Waals surface area contributed by atoms with E-state index in [2.05, 4.69) is 6.92 Å². The van der Waals surface area contributed by atoms with Gasteiger partial charge >= 0.3 is 8.69 Å². The van der Waals surface area contributed by atoms with Gasteiger partial charge in [-0.25, -0.2) is 0 Å². The Balaban J connectivity index is 3.27. The second-order valence-corrected chi connectivity index (χ2v) is 6.91. The summed E-state index contributed by atoms with van der Waals surface area (Å²) in [5.41, 5.74) is 5.57. The van der Waals surface area contributed by atoms with Gasteiger partial charge in [-0.05, 0) is 17.9 Å². The minimum atomic E-state index is -0.782. The molecule has 0 saturated heterocycles. The van der Waals surface area contributed by atoms with Gasteiger partial charge in [0.1, 0.15) is 6.23 Å². The van der Waals surface area contributed by atoms with E-state index in [1.807, 2.05) is 0 Å². The van der Waals surface area contributed by atoms with Crippen LogP contribution in [0.3, 0.4) is 0 Å². The van der Waals surface area contributed by atoms with Gasteiger partial charge in [0.05, 0.1) is 0 Å². The largest absolute Gasteiger partial charge is 0.496 e. The molecule has 0 aromatic carbocycles. The van der Waals surface area contributed by atoms with E-state index in [9.17, 15) is 4.57 Å². The smallest absolute Gasteiger partial charge is 0.330 e. The second kappa shape index (κ2) is 18.3. The van der Waals surface area contributed by atoms with E-state index in [-0.39, 0.29) is 6.23 Å². The van der Waals surface area contributed by atoms with E-state index in [1.54, 1.807) is 6.92 Å². The van der Waals surface area contributed by atoms with E-state index in [0.717, 1.165) is 12.8 Å². The monoisotopic (exact) mass is 348 g/mol. The molecular formula is C18H39NO3P+. The van der Waals surface area contributed by atoms with Gasteiger partial charge in [-0.1, -0.05) is 84.0 Å². The highest BCUT2D eigenvalue weighted by atomic mass is 31.1. The van der Waals surface area contributed by atoms with Gasteiger partial charge in [0, 0.05) is 6.42 Å². The quantitative estimate of drug-likeness (QED) is 0.185. The van der Waals surface area contributed by atoms with Gasteiger partial charge in [0.25, 0.3) is 0 Å². The molecule has 23 heavy (non-hydrogen) atoms. The summed E-state index contributed by atoms with van der Waals surface area (Å²) in [6.45, 7) is 4.03. The lowest BCUT2D eigenvalue weighted by atomic mass is 10.0. The third-order valence-electron chi connectivity index (χ3n) is 4.09. The molecule has 0 radical (unpaired) electrons. The van der Waals surface area contributed by atoms with Crippen LogP contribution in [0, 0.1) is 0 Å². The van der Waals surface area contributed by atoms with Crippen molar-refractivity contribution in [1.82, 2.24) is 0 Å². The van der Waals surface area contributed by atoms with Crippen LogP contribution in [-0.4, -0.2) is 12.5 Å². The zero-order chi connectivity index (χ0) is 17.2. The molecule has 0 aliphatic rings. The Morgan fingerprint density at radius 3 is 1.65 bits per heavy atom. The molecule has 4 nitrogen and oxygen atoms in total. The summed E-state index contributed by atoms with van der Waals surface area (Å²) in [5.74, 6) is 0. The van der Waals surface area contributed by atoms with Gasteiger partial charge < -0.3 is 10.5 Å². The zero-order valence-corrected chi connectivity index (χ0v) is 16.4. The van der Waals surface area contributed by atoms with Gasteiger partial charge in [-0.15, -0.1) is 4.52 Å².